The lowest BCUT2D eigenvalue weighted by Gasteiger charge is -1.61. The predicted octanol–water partition coefficient (Wildman–Crippen LogP) is -0.732. The minimum absolute atomic E-state index is 0.583. The van der Waals surface area contributed by atoms with E-state index in [0.29, 0.717) is 6.54 Å². The molecule has 0 aliphatic carbocycles. The third-order valence-electron chi connectivity index (χ3n) is 0.167. The molecule has 48 valence electrons. The molecule has 0 saturated carbocycles. The molecule has 0 atom stereocenters. The summed E-state index contributed by atoms with van der Waals surface area (Å²) in [6.45, 7) is 3.94. The summed E-state index contributed by atoms with van der Waals surface area (Å²) in [5, 5.41) is 7.58. The number of hydrogen-bond donors (Lipinski definition) is 2. The van der Waals surface area contributed by atoms with E-state index in [1.807, 2.05) is 0 Å². The van der Waals surface area contributed by atoms with Gasteiger partial charge in [0.05, 0.1) is 0 Å². The lowest BCUT2D eigenvalue weighted by molar-refractivity contribution is -0.491. The molecule has 0 amide bonds. The molecule has 0 fully saturated rings. The van der Waals surface area contributed by atoms with Crippen LogP contribution in [0.15, 0.2) is 12.7 Å². The van der Waals surface area contributed by atoms with E-state index in [1.165, 1.54) is 0 Å². The molecule has 0 unspecified atom stereocenters. The minimum Gasteiger partial charge on any atom is -0.327 e. The van der Waals surface area contributed by atoms with Gasteiger partial charge in [0.15, 0.2) is 5.03 Å². The maximum absolute atomic E-state index is 8.58. The molecule has 0 aliphatic rings. The van der Waals surface area contributed by atoms with Crippen LogP contribution in [0.5, 0.6) is 0 Å². The van der Waals surface area contributed by atoms with E-state index in [2.05, 4.69) is 12.4 Å². The Labute approximate surface area is 47.1 Å². The first-order chi connectivity index (χ1) is 3.65. The molecule has 0 aromatic carbocycles. The maximum Gasteiger partial charge on any atom is 0.154 e. The van der Waals surface area contributed by atoms with Crippen LogP contribution >= 0.6 is 0 Å². The topological polar surface area (TPSA) is 95.2 Å². The zero-order chi connectivity index (χ0) is 6.99. The first-order valence-corrected chi connectivity index (χ1v) is 1.85. The van der Waals surface area contributed by atoms with Crippen molar-refractivity contribution >= 4 is 0 Å². The summed E-state index contributed by atoms with van der Waals surface area (Å²) in [4.78, 5) is 8.58. The van der Waals surface area contributed by atoms with E-state index in [4.69, 9.17) is 15.8 Å². The van der Waals surface area contributed by atoms with Gasteiger partial charge in [-0.25, -0.2) is 10.1 Å². The standard InChI is InChI=1S/C3H7N.H2N2O2/c1-2-3-4;1-2(3)4/h2H,1,3-4H2;1H2. The molecule has 0 heterocycles. The summed E-state index contributed by atoms with van der Waals surface area (Å²) in [6.07, 6.45) is 1.65. The van der Waals surface area contributed by atoms with Crippen LogP contribution in [0.1, 0.15) is 0 Å². The van der Waals surface area contributed by atoms with Crippen LogP contribution in [-0.4, -0.2) is 11.6 Å². The predicted molar refractivity (Wildman–Crippen MR) is 30.4 cm³/mol. The minimum atomic E-state index is -1.00. The zero-order valence-corrected chi connectivity index (χ0v) is 4.41. The molecule has 0 aromatic heterocycles. The molecular weight excluding hydrogens is 110 g/mol. The second-order valence-corrected chi connectivity index (χ2v) is 0.810. The van der Waals surface area contributed by atoms with Crippen molar-refractivity contribution < 1.29 is 5.03 Å². The molecule has 0 rings (SSSR count). The summed E-state index contributed by atoms with van der Waals surface area (Å²) < 4.78 is 0. The van der Waals surface area contributed by atoms with Crippen LogP contribution in [0.2, 0.25) is 0 Å². The van der Waals surface area contributed by atoms with E-state index in [1.54, 1.807) is 6.08 Å². The monoisotopic (exact) mass is 119 g/mol. The molecule has 0 aromatic rings. The van der Waals surface area contributed by atoms with Crippen molar-refractivity contribution in [2.24, 2.45) is 11.6 Å². The Morgan fingerprint density at radius 1 is 1.88 bits per heavy atom. The number of nitrogens with zero attached hydrogens (tertiary/aromatic N) is 1. The van der Waals surface area contributed by atoms with Gasteiger partial charge in [0.1, 0.15) is 0 Å². The van der Waals surface area contributed by atoms with Gasteiger partial charge in [0.25, 0.3) is 0 Å². The molecule has 0 aliphatic heterocycles. The van der Waals surface area contributed by atoms with Crippen molar-refractivity contribution in [3.63, 3.8) is 0 Å². The highest BCUT2D eigenvalue weighted by Crippen LogP contribution is 1.40. The first-order valence-electron chi connectivity index (χ1n) is 1.85. The van der Waals surface area contributed by atoms with E-state index in [9.17, 15) is 0 Å². The van der Waals surface area contributed by atoms with Gasteiger partial charge in [0, 0.05) is 6.54 Å². The van der Waals surface area contributed by atoms with Gasteiger partial charge in [-0.1, -0.05) is 6.08 Å². The maximum atomic E-state index is 8.58. The SMILES string of the molecule is C=CCN.N[N+](=O)[O-]. The third kappa shape index (κ3) is 7450. The molecule has 0 spiro atoms. The van der Waals surface area contributed by atoms with Crippen molar-refractivity contribution in [3.8, 4) is 0 Å². The van der Waals surface area contributed by atoms with Crippen LogP contribution in [0, 0.1) is 10.1 Å². The van der Waals surface area contributed by atoms with Crippen molar-refractivity contribution in [2.45, 2.75) is 0 Å². The van der Waals surface area contributed by atoms with Gasteiger partial charge < -0.3 is 5.73 Å². The fraction of sp³-hybridized carbons (Fsp3) is 0.333. The van der Waals surface area contributed by atoms with Crippen molar-refractivity contribution in [1.82, 2.24) is 0 Å². The van der Waals surface area contributed by atoms with E-state index >= 15 is 0 Å². The van der Waals surface area contributed by atoms with Gasteiger partial charge in [-0.15, -0.1) is 6.58 Å². The largest absolute Gasteiger partial charge is 0.327 e. The molecule has 5 nitrogen and oxygen atoms in total. The number of hydrazine groups is 1. The fourth-order valence-electron chi connectivity index (χ4n) is 0. The molecule has 0 bridgehead atoms. The van der Waals surface area contributed by atoms with Crippen molar-refractivity contribution in [1.29, 1.82) is 0 Å². The van der Waals surface area contributed by atoms with Crippen LogP contribution in [0.3, 0.4) is 0 Å². The average molecular weight is 119 g/mol. The Hall–Kier alpha value is -1.10. The highest BCUT2D eigenvalue weighted by atomic mass is 16.7. The first kappa shape index (κ1) is 10.0. The summed E-state index contributed by atoms with van der Waals surface area (Å²) >= 11 is 0. The van der Waals surface area contributed by atoms with E-state index in [0.717, 1.165) is 0 Å². The van der Waals surface area contributed by atoms with Crippen molar-refractivity contribution in [3.05, 3.63) is 22.8 Å². The highest BCUT2D eigenvalue weighted by molar-refractivity contribution is 4.64. The Balaban J connectivity index is 0. The lowest BCUT2D eigenvalue weighted by Crippen LogP contribution is -2.04. The molecular formula is C3H9N3O2. The van der Waals surface area contributed by atoms with Gasteiger partial charge in [-0.3, -0.25) is 0 Å². The van der Waals surface area contributed by atoms with Crippen LogP contribution in [0.25, 0.3) is 0 Å². The second-order valence-electron chi connectivity index (χ2n) is 0.810. The molecule has 0 radical (unpaired) electrons. The Bertz CT molecular complexity index is 68.9. The smallest absolute Gasteiger partial charge is 0.154 e. The molecule has 8 heavy (non-hydrogen) atoms. The highest BCUT2D eigenvalue weighted by Gasteiger charge is 1.57. The van der Waals surface area contributed by atoms with Crippen LogP contribution in [0.4, 0.5) is 0 Å². The number of nitro groups is 1. The second kappa shape index (κ2) is 9.31. The quantitative estimate of drug-likeness (QED) is 0.206. The molecule has 5 heteroatoms. The summed E-state index contributed by atoms with van der Waals surface area (Å²) in [7, 11) is 0. The summed E-state index contributed by atoms with van der Waals surface area (Å²) in [5.74, 6) is 3.83. The number of nitrogens with two attached hydrogens (primary N) is 2. The van der Waals surface area contributed by atoms with Gasteiger partial charge in [-0.2, -0.15) is 5.84 Å². The third-order valence-corrected chi connectivity index (χ3v) is 0.167. The van der Waals surface area contributed by atoms with Crippen LogP contribution in [-0.2, 0) is 0 Å². The molecule has 0 saturated heterocycles. The fourth-order valence-corrected chi connectivity index (χ4v) is 0. The van der Waals surface area contributed by atoms with E-state index < -0.39 is 5.03 Å². The van der Waals surface area contributed by atoms with Gasteiger partial charge in [0.2, 0.25) is 0 Å². The number of rotatable bonds is 1. The Morgan fingerprint density at radius 3 is 2.00 bits per heavy atom. The Morgan fingerprint density at radius 2 is 2.00 bits per heavy atom. The average Bonchev–Trinajstić information content (AvgIpc) is 1.65. The van der Waals surface area contributed by atoms with Crippen LogP contribution < -0.4 is 11.6 Å². The molecule has 4 N–H and O–H groups in total. The summed E-state index contributed by atoms with van der Waals surface area (Å²) in [6, 6.07) is 0. The normalized spacial score (nSPS) is 6.12. The van der Waals surface area contributed by atoms with Gasteiger partial charge in [-0.05, 0) is 0 Å². The van der Waals surface area contributed by atoms with Gasteiger partial charge >= 0.3 is 0 Å². The van der Waals surface area contributed by atoms with E-state index in [-0.39, 0.29) is 0 Å². The zero-order valence-electron chi connectivity index (χ0n) is 4.41. The lowest BCUT2D eigenvalue weighted by atomic mass is 10.7. The number of hydrogen-bond acceptors (Lipinski definition) is 3. The van der Waals surface area contributed by atoms with Crippen molar-refractivity contribution in [2.75, 3.05) is 6.54 Å². The Kier molecular flexibility index (Phi) is 11.6. The summed E-state index contributed by atoms with van der Waals surface area (Å²) in [5.41, 5.74) is 4.91.